The molecule has 0 N–H and O–H groups in total. The van der Waals surface area contributed by atoms with Crippen molar-refractivity contribution in [1.29, 1.82) is 0 Å². The molecule has 1 radical (unpaired) electrons. The second-order valence-electron chi connectivity index (χ2n) is 2.17. The Bertz CT molecular complexity index is 272. The van der Waals surface area contributed by atoms with Gasteiger partial charge in [-0.25, -0.2) is 5.11 Å². The first-order chi connectivity index (χ1) is 5.55. The van der Waals surface area contributed by atoms with Crippen molar-refractivity contribution >= 4 is 0 Å². The number of alkyl halides is 3. The second-order valence-corrected chi connectivity index (χ2v) is 2.17. The highest BCUT2D eigenvalue weighted by Crippen LogP contribution is 2.31. The summed E-state index contributed by atoms with van der Waals surface area (Å²) >= 11 is 0. The number of nitrogens with zero attached hydrogens (tertiary/aromatic N) is 1. The average Bonchev–Trinajstić information content (AvgIpc) is 2.03. The Morgan fingerprint density at radius 1 is 1.42 bits per heavy atom. The maximum absolute atomic E-state index is 12.1. The summed E-state index contributed by atoms with van der Waals surface area (Å²) in [7, 11) is 0. The van der Waals surface area contributed by atoms with E-state index >= 15 is 0 Å². The first-order valence-electron chi connectivity index (χ1n) is 3.14. The largest absolute Gasteiger partial charge is 0.416 e. The lowest BCUT2D eigenvalue weighted by atomic mass is 10.1. The van der Waals surface area contributed by atoms with E-state index in [0.29, 0.717) is 0 Å². The Morgan fingerprint density at radius 2 is 2.08 bits per heavy atom. The van der Waals surface area contributed by atoms with Crippen LogP contribution in [-0.4, -0.2) is 4.98 Å². The van der Waals surface area contributed by atoms with Gasteiger partial charge in [-0.2, -0.15) is 13.2 Å². The third kappa shape index (κ3) is 1.73. The van der Waals surface area contributed by atoms with Gasteiger partial charge in [0.15, 0.2) is 0 Å². The molecule has 0 saturated heterocycles. The Hall–Kier alpha value is -1.10. The maximum atomic E-state index is 12.1. The van der Waals surface area contributed by atoms with Crippen LogP contribution in [0.3, 0.4) is 0 Å². The zero-order chi connectivity index (χ0) is 9.19. The fourth-order valence-electron chi connectivity index (χ4n) is 0.819. The van der Waals surface area contributed by atoms with Crippen LogP contribution in [-0.2, 0) is 17.9 Å². The minimum atomic E-state index is -4.46. The van der Waals surface area contributed by atoms with Gasteiger partial charge < -0.3 is 0 Å². The molecule has 0 unspecified atom stereocenters. The number of aromatic nitrogens is 1. The Balaban J connectivity index is 3.14. The van der Waals surface area contributed by atoms with Gasteiger partial charge in [0.1, 0.15) is 6.61 Å². The van der Waals surface area contributed by atoms with Gasteiger partial charge >= 0.3 is 6.18 Å². The van der Waals surface area contributed by atoms with Crippen molar-refractivity contribution in [2.24, 2.45) is 0 Å². The van der Waals surface area contributed by atoms with Gasteiger partial charge in [-0.15, -0.1) is 0 Å². The Labute approximate surface area is 66.7 Å². The van der Waals surface area contributed by atoms with Gasteiger partial charge in [-0.05, 0) is 6.07 Å². The standard InChI is InChI=1S/C7H5F3NO/c8-7(9,10)6-1-2-11-3-5(6)4-12/h1-3H,4H2. The number of halogens is 3. The number of hydrogen-bond acceptors (Lipinski definition) is 1. The van der Waals surface area contributed by atoms with Gasteiger partial charge in [-0.3, -0.25) is 4.98 Å². The molecule has 1 rings (SSSR count). The summed E-state index contributed by atoms with van der Waals surface area (Å²) in [6.07, 6.45) is -2.50. The van der Waals surface area contributed by atoms with E-state index < -0.39 is 18.3 Å². The molecule has 5 heteroatoms. The summed E-state index contributed by atoms with van der Waals surface area (Å²) in [6, 6.07) is 0.799. The molecule has 0 amide bonds. The molecule has 2 nitrogen and oxygen atoms in total. The SMILES string of the molecule is [O]Cc1cnccc1C(F)(F)F. The molecule has 1 aromatic rings. The maximum Gasteiger partial charge on any atom is 0.416 e. The van der Waals surface area contributed by atoms with Crippen LogP contribution in [0.4, 0.5) is 13.2 Å². The lowest BCUT2D eigenvalue weighted by Gasteiger charge is -2.08. The summed E-state index contributed by atoms with van der Waals surface area (Å²) in [5.74, 6) is 0. The molecule has 0 saturated carbocycles. The summed E-state index contributed by atoms with van der Waals surface area (Å²) in [4.78, 5) is 3.43. The number of rotatable bonds is 1. The van der Waals surface area contributed by atoms with Gasteiger partial charge in [0, 0.05) is 18.0 Å². The third-order valence-corrected chi connectivity index (χ3v) is 1.36. The molecule has 0 spiro atoms. The smallest absolute Gasteiger partial charge is 0.264 e. The van der Waals surface area contributed by atoms with Crippen molar-refractivity contribution < 1.29 is 18.3 Å². The van der Waals surface area contributed by atoms with Crippen molar-refractivity contribution in [2.45, 2.75) is 12.8 Å². The number of pyridine rings is 1. The average molecular weight is 176 g/mol. The summed E-state index contributed by atoms with van der Waals surface area (Å²) in [5.41, 5.74) is -1.21. The van der Waals surface area contributed by atoms with E-state index in [1.165, 1.54) is 0 Å². The van der Waals surface area contributed by atoms with E-state index in [1.807, 2.05) is 0 Å². The van der Waals surface area contributed by atoms with Crippen LogP contribution in [0.1, 0.15) is 11.1 Å². The molecular formula is C7H5F3NO. The van der Waals surface area contributed by atoms with Crippen LogP contribution in [0.15, 0.2) is 18.5 Å². The summed E-state index contributed by atoms with van der Waals surface area (Å²) < 4.78 is 36.2. The minimum absolute atomic E-state index is 0.315. The Kier molecular flexibility index (Phi) is 2.32. The third-order valence-electron chi connectivity index (χ3n) is 1.36. The monoisotopic (exact) mass is 176 g/mol. The molecule has 0 aromatic carbocycles. The van der Waals surface area contributed by atoms with Crippen molar-refractivity contribution in [3.63, 3.8) is 0 Å². The summed E-state index contributed by atoms with van der Waals surface area (Å²) in [5, 5.41) is 10.3. The van der Waals surface area contributed by atoms with Crippen LogP contribution >= 0.6 is 0 Å². The van der Waals surface area contributed by atoms with Crippen LogP contribution < -0.4 is 0 Å². The lowest BCUT2D eigenvalue weighted by molar-refractivity contribution is -0.139. The van der Waals surface area contributed by atoms with Crippen molar-refractivity contribution in [1.82, 2.24) is 4.98 Å². The normalized spacial score (nSPS) is 11.7. The molecular weight excluding hydrogens is 171 g/mol. The highest BCUT2D eigenvalue weighted by Gasteiger charge is 2.32. The predicted molar refractivity (Wildman–Crippen MR) is 33.6 cm³/mol. The van der Waals surface area contributed by atoms with E-state index in [2.05, 4.69) is 4.98 Å². The topological polar surface area (TPSA) is 32.8 Å². The number of hydrogen-bond donors (Lipinski definition) is 0. The molecule has 0 aliphatic heterocycles. The van der Waals surface area contributed by atoms with E-state index in [0.717, 1.165) is 18.5 Å². The zero-order valence-electron chi connectivity index (χ0n) is 5.93. The summed E-state index contributed by atoms with van der Waals surface area (Å²) in [6.45, 7) is -0.900. The zero-order valence-corrected chi connectivity index (χ0v) is 5.93. The first kappa shape index (κ1) is 8.99. The van der Waals surface area contributed by atoms with Crippen LogP contribution in [0.2, 0.25) is 0 Å². The fourth-order valence-corrected chi connectivity index (χ4v) is 0.819. The van der Waals surface area contributed by atoms with Crippen LogP contribution in [0, 0.1) is 0 Å². The quantitative estimate of drug-likeness (QED) is 0.644. The fraction of sp³-hybridized carbons (Fsp3) is 0.286. The van der Waals surface area contributed by atoms with Gasteiger partial charge in [0.25, 0.3) is 0 Å². The lowest BCUT2D eigenvalue weighted by Crippen LogP contribution is -2.09. The molecule has 1 heterocycles. The molecule has 0 bridgehead atoms. The second kappa shape index (κ2) is 3.10. The molecule has 0 aliphatic carbocycles. The van der Waals surface area contributed by atoms with E-state index in [9.17, 15) is 18.3 Å². The Morgan fingerprint density at radius 3 is 2.50 bits per heavy atom. The van der Waals surface area contributed by atoms with Gasteiger partial charge in [0.05, 0.1) is 5.56 Å². The van der Waals surface area contributed by atoms with Crippen molar-refractivity contribution in [3.05, 3.63) is 29.6 Å². The van der Waals surface area contributed by atoms with Crippen LogP contribution in [0.25, 0.3) is 0 Å². The molecule has 1 aromatic heterocycles. The molecule has 12 heavy (non-hydrogen) atoms. The van der Waals surface area contributed by atoms with Gasteiger partial charge in [-0.1, -0.05) is 0 Å². The first-order valence-corrected chi connectivity index (χ1v) is 3.14. The van der Waals surface area contributed by atoms with Crippen molar-refractivity contribution in [3.8, 4) is 0 Å². The van der Waals surface area contributed by atoms with Gasteiger partial charge in [0.2, 0.25) is 0 Å². The predicted octanol–water partition coefficient (Wildman–Crippen LogP) is 2.03. The molecule has 0 fully saturated rings. The minimum Gasteiger partial charge on any atom is -0.264 e. The van der Waals surface area contributed by atoms with Crippen molar-refractivity contribution in [2.75, 3.05) is 0 Å². The van der Waals surface area contributed by atoms with E-state index in [1.54, 1.807) is 0 Å². The van der Waals surface area contributed by atoms with E-state index in [-0.39, 0.29) is 5.56 Å². The molecule has 0 atom stereocenters. The van der Waals surface area contributed by atoms with E-state index in [4.69, 9.17) is 0 Å². The van der Waals surface area contributed by atoms with Crippen LogP contribution in [0.5, 0.6) is 0 Å². The highest BCUT2D eigenvalue weighted by molar-refractivity contribution is 5.25. The molecule has 65 valence electrons. The molecule has 0 aliphatic rings. The highest BCUT2D eigenvalue weighted by atomic mass is 19.4.